The summed E-state index contributed by atoms with van der Waals surface area (Å²) in [6.45, 7) is 4.17. The Labute approximate surface area is 104 Å². The van der Waals surface area contributed by atoms with Gasteiger partial charge in [0, 0.05) is 13.1 Å². The largest absolute Gasteiger partial charge is 0.456 e. The van der Waals surface area contributed by atoms with Gasteiger partial charge in [-0.1, -0.05) is 6.92 Å². The fourth-order valence-electron chi connectivity index (χ4n) is 1.56. The zero-order valence-electron chi connectivity index (χ0n) is 10.5. The summed E-state index contributed by atoms with van der Waals surface area (Å²) in [5, 5.41) is 5.44. The first-order valence-electron chi connectivity index (χ1n) is 5.97. The van der Waals surface area contributed by atoms with Gasteiger partial charge in [0.1, 0.15) is 6.10 Å². The van der Waals surface area contributed by atoms with Crippen LogP contribution in [-0.2, 0) is 14.3 Å². The van der Waals surface area contributed by atoms with E-state index in [1.807, 2.05) is 6.92 Å². The molecule has 1 amide bonds. The Morgan fingerprint density at radius 2 is 2.28 bits per heavy atom. The zero-order valence-corrected chi connectivity index (χ0v) is 10.5. The van der Waals surface area contributed by atoms with Gasteiger partial charge in [-0.2, -0.15) is 8.78 Å². The van der Waals surface area contributed by atoms with Crippen molar-refractivity contribution in [1.82, 2.24) is 10.6 Å². The molecule has 1 heterocycles. The Kier molecular flexibility index (Phi) is 5.01. The van der Waals surface area contributed by atoms with Crippen LogP contribution in [0.5, 0.6) is 0 Å². The minimum absolute atomic E-state index is 0.0437. The maximum Gasteiger partial charge on any atom is 0.377 e. The molecule has 2 unspecified atom stereocenters. The molecule has 0 aromatic heterocycles. The van der Waals surface area contributed by atoms with Crippen LogP contribution < -0.4 is 10.6 Å². The molecule has 1 fully saturated rings. The number of hydrogen-bond acceptors (Lipinski definition) is 4. The molecule has 0 bridgehead atoms. The third kappa shape index (κ3) is 3.90. The zero-order chi connectivity index (χ0) is 13.8. The van der Waals surface area contributed by atoms with E-state index in [0.717, 1.165) is 6.42 Å². The van der Waals surface area contributed by atoms with Gasteiger partial charge in [-0.15, -0.1) is 0 Å². The highest BCUT2D eigenvalue weighted by atomic mass is 19.3. The van der Waals surface area contributed by atoms with Gasteiger partial charge in [-0.25, -0.2) is 4.79 Å². The van der Waals surface area contributed by atoms with Crippen molar-refractivity contribution in [2.24, 2.45) is 0 Å². The molecule has 104 valence electrons. The number of nitrogens with one attached hydrogen (secondary N) is 2. The van der Waals surface area contributed by atoms with Gasteiger partial charge in [0.05, 0.1) is 12.5 Å². The van der Waals surface area contributed by atoms with Crippen LogP contribution in [0.3, 0.4) is 0 Å². The SMILES string of the molecule is CCCNC(=O)C(C)NCC1CC(F)(F)C(=O)O1. The highest BCUT2D eigenvalue weighted by Gasteiger charge is 2.50. The van der Waals surface area contributed by atoms with Crippen molar-refractivity contribution < 1.29 is 23.1 Å². The summed E-state index contributed by atoms with van der Waals surface area (Å²) in [4.78, 5) is 22.2. The maximum atomic E-state index is 12.9. The van der Waals surface area contributed by atoms with Crippen LogP contribution in [0.4, 0.5) is 8.78 Å². The molecule has 7 heteroatoms. The van der Waals surface area contributed by atoms with Crippen molar-refractivity contribution in [1.29, 1.82) is 0 Å². The number of hydrogen-bond donors (Lipinski definition) is 2. The summed E-state index contributed by atoms with van der Waals surface area (Å²) < 4.78 is 30.2. The minimum Gasteiger partial charge on any atom is -0.456 e. The summed E-state index contributed by atoms with van der Waals surface area (Å²) in [6, 6.07) is -0.510. The van der Waals surface area contributed by atoms with Crippen molar-refractivity contribution >= 4 is 11.9 Å². The maximum absolute atomic E-state index is 12.9. The molecule has 5 nitrogen and oxygen atoms in total. The van der Waals surface area contributed by atoms with E-state index >= 15 is 0 Å². The minimum atomic E-state index is -3.40. The van der Waals surface area contributed by atoms with Gasteiger partial charge in [0.2, 0.25) is 5.91 Å². The lowest BCUT2D eigenvalue weighted by Gasteiger charge is -2.16. The first kappa shape index (κ1) is 14.8. The fraction of sp³-hybridized carbons (Fsp3) is 0.818. The monoisotopic (exact) mass is 264 g/mol. The normalized spacial score (nSPS) is 23.6. The van der Waals surface area contributed by atoms with Crippen LogP contribution in [0.25, 0.3) is 0 Å². The van der Waals surface area contributed by atoms with Crippen LogP contribution >= 0.6 is 0 Å². The number of carbonyl (C=O) groups excluding carboxylic acids is 2. The first-order chi connectivity index (χ1) is 8.36. The van der Waals surface area contributed by atoms with E-state index in [4.69, 9.17) is 0 Å². The number of alkyl halides is 2. The molecule has 1 rings (SSSR count). The first-order valence-corrected chi connectivity index (χ1v) is 5.97. The third-order valence-corrected chi connectivity index (χ3v) is 2.65. The standard InChI is InChI=1S/C11H18F2N2O3/c1-3-4-14-9(16)7(2)15-6-8-5-11(12,13)10(17)18-8/h7-8,15H,3-6H2,1-2H3,(H,14,16). The molecule has 0 spiro atoms. The van der Waals surface area contributed by atoms with Gasteiger partial charge < -0.3 is 15.4 Å². The van der Waals surface area contributed by atoms with Gasteiger partial charge in [-0.3, -0.25) is 4.79 Å². The van der Waals surface area contributed by atoms with Crippen LogP contribution in [-0.4, -0.2) is 43.0 Å². The lowest BCUT2D eigenvalue weighted by molar-refractivity contribution is -0.159. The van der Waals surface area contributed by atoms with E-state index in [1.165, 1.54) is 0 Å². The van der Waals surface area contributed by atoms with Crippen molar-refractivity contribution in [3.05, 3.63) is 0 Å². The number of cyclic esters (lactones) is 1. The molecule has 18 heavy (non-hydrogen) atoms. The molecule has 0 radical (unpaired) electrons. The van der Waals surface area contributed by atoms with Crippen molar-refractivity contribution in [3.63, 3.8) is 0 Å². The van der Waals surface area contributed by atoms with Crippen LogP contribution in [0.2, 0.25) is 0 Å². The van der Waals surface area contributed by atoms with E-state index in [-0.39, 0.29) is 12.5 Å². The molecule has 0 aliphatic carbocycles. The summed E-state index contributed by atoms with van der Waals surface area (Å²) in [6.07, 6.45) is -0.693. The van der Waals surface area contributed by atoms with Crippen molar-refractivity contribution in [2.75, 3.05) is 13.1 Å². The summed E-state index contributed by atoms with van der Waals surface area (Å²) in [5.41, 5.74) is 0. The van der Waals surface area contributed by atoms with E-state index in [0.29, 0.717) is 6.54 Å². The Balaban J connectivity index is 2.29. The van der Waals surface area contributed by atoms with Crippen LogP contribution in [0, 0.1) is 0 Å². The topological polar surface area (TPSA) is 67.4 Å². The van der Waals surface area contributed by atoms with Crippen LogP contribution in [0.1, 0.15) is 26.7 Å². The van der Waals surface area contributed by atoms with Gasteiger partial charge in [0.15, 0.2) is 0 Å². The molecule has 1 saturated heterocycles. The molecule has 1 aliphatic heterocycles. The Hall–Kier alpha value is -1.24. The molecule has 1 aliphatic rings. The number of amides is 1. The van der Waals surface area contributed by atoms with Crippen LogP contribution in [0.15, 0.2) is 0 Å². The molecule has 2 atom stereocenters. The quantitative estimate of drug-likeness (QED) is 0.683. The van der Waals surface area contributed by atoms with Crippen molar-refractivity contribution in [3.8, 4) is 0 Å². The van der Waals surface area contributed by atoms with E-state index in [1.54, 1.807) is 6.92 Å². The van der Waals surface area contributed by atoms with E-state index < -0.39 is 30.5 Å². The molecule has 0 aromatic rings. The molecule has 0 saturated carbocycles. The molecular formula is C11H18F2N2O3. The average Bonchev–Trinajstić information content (AvgIpc) is 2.57. The Morgan fingerprint density at radius 3 is 2.78 bits per heavy atom. The molecule has 0 aromatic carbocycles. The Bertz CT molecular complexity index is 323. The summed E-state index contributed by atoms with van der Waals surface area (Å²) in [5.74, 6) is -5.09. The molecular weight excluding hydrogens is 246 g/mol. The number of carbonyl (C=O) groups is 2. The predicted molar refractivity (Wildman–Crippen MR) is 60.2 cm³/mol. The van der Waals surface area contributed by atoms with Gasteiger partial charge >= 0.3 is 11.9 Å². The highest BCUT2D eigenvalue weighted by molar-refractivity contribution is 5.81. The fourth-order valence-corrected chi connectivity index (χ4v) is 1.56. The second kappa shape index (κ2) is 6.08. The predicted octanol–water partition coefficient (Wildman–Crippen LogP) is 0.441. The van der Waals surface area contributed by atoms with Crippen molar-refractivity contribution in [2.45, 2.75) is 44.8 Å². The second-order valence-corrected chi connectivity index (χ2v) is 4.36. The smallest absolute Gasteiger partial charge is 0.377 e. The number of esters is 1. The average molecular weight is 264 g/mol. The Morgan fingerprint density at radius 1 is 1.61 bits per heavy atom. The summed E-state index contributed by atoms with van der Waals surface area (Å²) in [7, 11) is 0. The second-order valence-electron chi connectivity index (χ2n) is 4.36. The summed E-state index contributed by atoms with van der Waals surface area (Å²) >= 11 is 0. The molecule has 2 N–H and O–H groups in total. The third-order valence-electron chi connectivity index (χ3n) is 2.65. The van der Waals surface area contributed by atoms with E-state index in [9.17, 15) is 18.4 Å². The number of ether oxygens (including phenoxy) is 1. The lowest BCUT2D eigenvalue weighted by Crippen LogP contribution is -2.45. The number of rotatable bonds is 6. The highest BCUT2D eigenvalue weighted by Crippen LogP contribution is 2.30. The van der Waals surface area contributed by atoms with Gasteiger partial charge in [-0.05, 0) is 13.3 Å². The number of halogens is 2. The van der Waals surface area contributed by atoms with Gasteiger partial charge in [0.25, 0.3) is 0 Å². The lowest BCUT2D eigenvalue weighted by atomic mass is 10.2. The van der Waals surface area contributed by atoms with E-state index in [2.05, 4.69) is 15.4 Å².